The summed E-state index contributed by atoms with van der Waals surface area (Å²) >= 11 is 0. The molecule has 0 aromatic rings. The number of aliphatic hydroxyl groups excluding tert-OH is 13. The quantitative estimate of drug-likeness (QED) is 0.0728. The predicted molar refractivity (Wildman–Crippen MR) is 174 cm³/mol. The van der Waals surface area contributed by atoms with Crippen molar-refractivity contribution in [2.45, 2.75) is 149 Å². The van der Waals surface area contributed by atoms with Gasteiger partial charge in [0.2, 0.25) is 11.8 Å². The van der Waals surface area contributed by atoms with Gasteiger partial charge in [-0.15, -0.1) is 0 Å². The number of nitrogens with one attached hydrogen (secondary N) is 2. The Balaban J connectivity index is 1.82. The highest BCUT2D eigenvalue weighted by atomic mass is 16.8. The number of rotatable bonds is 15. The Morgan fingerprint density at radius 1 is 0.684 bits per heavy atom. The Bertz CT molecular complexity index is 1350. The van der Waals surface area contributed by atoms with E-state index < -0.39 is 179 Å². The number of carbonyl (C=O) groups excluding carboxylic acids is 2. The lowest BCUT2D eigenvalue weighted by atomic mass is 9.88. The molecule has 0 unspecified atom stereocenters. The molecule has 0 aromatic carbocycles. The first-order valence-electron chi connectivity index (χ1n) is 17.7. The van der Waals surface area contributed by atoms with Gasteiger partial charge in [0.05, 0.1) is 38.6 Å². The molecule has 0 saturated carbocycles. The van der Waals surface area contributed by atoms with Crippen molar-refractivity contribution in [2.24, 2.45) is 0 Å². The Labute approximate surface area is 322 Å². The van der Waals surface area contributed by atoms with Crippen molar-refractivity contribution in [3.05, 3.63) is 0 Å². The summed E-state index contributed by atoms with van der Waals surface area (Å²) in [5.41, 5.74) is 0. The summed E-state index contributed by atoms with van der Waals surface area (Å²) in [6.07, 6.45) is -37.3. The number of carboxylic acids is 1. The first-order chi connectivity index (χ1) is 26.7. The van der Waals surface area contributed by atoms with E-state index in [2.05, 4.69) is 10.6 Å². The van der Waals surface area contributed by atoms with Gasteiger partial charge in [-0.1, -0.05) is 0 Å². The minimum Gasteiger partial charge on any atom is -0.477 e. The fourth-order valence-corrected chi connectivity index (χ4v) is 7.05. The summed E-state index contributed by atoms with van der Waals surface area (Å²) in [4.78, 5) is 37.3. The first-order valence-corrected chi connectivity index (χ1v) is 17.7. The second-order valence-electron chi connectivity index (χ2n) is 14.0. The monoisotopic (exact) mass is 836 g/mol. The smallest absolute Gasteiger partial charge is 0.364 e. The molecule has 0 aliphatic carbocycles. The van der Waals surface area contributed by atoms with Crippen molar-refractivity contribution in [1.29, 1.82) is 0 Å². The maximum Gasteiger partial charge on any atom is 0.364 e. The highest BCUT2D eigenvalue weighted by Gasteiger charge is 2.61. The normalized spacial score (nSPS) is 45.1. The number of carbonyl (C=O) groups is 3. The van der Waals surface area contributed by atoms with Crippen molar-refractivity contribution in [2.75, 3.05) is 26.4 Å². The van der Waals surface area contributed by atoms with Crippen LogP contribution in [0.25, 0.3) is 0 Å². The summed E-state index contributed by atoms with van der Waals surface area (Å²) < 4.78 is 39.4. The van der Waals surface area contributed by atoms with Gasteiger partial charge in [0.25, 0.3) is 5.79 Å². The molecule has 0 radical (unpaired) electrons. The Morgan fingerprint density at radius 3 is 1.77 bits per heavy atom. The Morgan fingerprint density at radius 2 is 1.23 bits per heavy atom. The molecule has 0 aromatic heterocycles. The summed E-state index contributed by atoms with van der Waals surface area (Å²) in [5, 5.41) is 152. The van der Waals surface area contributed by atoms with Crippen LogP contribution < -0.4 is 10.6 Å². The van der Waals surface area contributed by atoms with Gasteiger partial charge in [-0.05, 0) is 0 Å². The lowest BCUT2D eigenvalue weighted by Gasteiger charge is -2.52. The van der Waals surface area contributed by atoms with Crippen molar-refractivity contribution >= 4 is 17.8 Å². The van der Waals surface area contributed by atoms with Crippen molar-refractivity contribution in [1.82, 2.24) is 10.6 Å². The minimum absolute atomic E-state index is 0.805. The van der Waals surface area contributed by atoms with Crippen LogP contribution in [0.4, 0.5) is 0 Å². The molecule has 4 rings (SSSR count). The number of carboxylic acid groups (broad SMARTS) is 1. The van der Waals surface area contributed by atoms with Crippen LogP contribution in [0.3, 0.4) is 0 Å². The molecule has 4 fully saturated rings. The number of aliphatic hydroxyl groups is 13. The number of amides is 2. The van der Waals surface area contributed by atoms with Gasteiger partial charge in [-0.2, -0.15) is 0 Å². The van der Waals surface area contributed by atoms with Crippen LogP contribution >= 0.6 is 0 Å². The van der Waals surface area contributed by atoms with Gasteiger partial charge < -0.3 is 115 Å². The number of ether oxygens (including phenoxy) is 7. The molecular formula is C31H52N2O24. The summed E-state index contributed by atoms with van der Waals surface area (Å²) in [6.45, 7) is -2.10. The van der Waals surface area contributed by atoms with E-state index in [0.29, 0.717) is 0 Å². The third-order valence-corrected chi connectivity index (χ3v) is 9.98. The third kappa shape index (κ3) is 10.2. The van der Waals surface area contributed by atoms with Gasteiger partial charge in [0, 0.05) is 20.3 Å². The molecule has 0 spiro atoms. The van der Waals surface area contributed by atoms with Crippen LogP contribution in [-0.2, 0) is 47.5 Å². The van der Waals surface area contributed by atoms with E-state index in [4.69, 9.17) is 33.2 Å². The molecule has 330 valence electrons. The van der Waals surface area contributed by atoms with Gasteiger partial charge in [-0.3, -0.25) is 9.59 Å². The van der Waals surface area contributed by atoms with Crippen LogP contribution in [0.1, 0.15) is 20.3 Å². The van der Waals surface area contributed by atoms with Crippen LogP contribution in [-0.4, -0.2) is 244 Å². The zero-order valence-corrected chi connectivity index (χ0v) is 30.4. The summed E-state index contributed by atoms with van der Waals surface area (Å²) in [6, 6.07) is -3.35. The Hall–Kier alpha value is -2.39. The van der Waals surface area contributed by atoms with E-state index in [1.54, 1.807) is 0 Å². The molecule has 4 aliphatic heterocycles. The number of hydrogen-bond donors (Lipinski definition) is 16. The average Bonchev–Trinajstić information content (AvgIpc) is 3.16. The molecule has 2 amide bonds. The molecule has 57 heavy (non-hydrogen) atoms. The second kappa shape index (κ2) is 19.8. The molecule has 16 N–H and O–H groups in total. The maximum absolute atomic E-state index is 13.1. The van der Waals surface area contributed by atoms with Gasteiger partial charge in [0.1, 0.15) is 91.5 Å². The molecule has 4 aliphatic rings. The molecule has 0 bridgehead atoms. The molecule has 26 nitrogen and oxygen atoms in total. The van der Waals surface area contributed by atoms with E-state index in [0.717, 1.165) is 13.8 Å². The van der Waals surface area contributed by atoms with Gasteiger partial charge >= 0.3 is 5.97 Å². The van der Waals surface area contributed by atoms with E-state index in [9.17, 15) is 85.9 Å². The molecular weight excluding hydrogens is 784 g/mol. The summed E-state index contributed by atoms with van der Waals surface area (Å²) in [7, 11) is 0. The number of hydrogen-bond acceptors (Lipinski definition) is 23. The molecule has 4 heterocycles. The SMILES string of the molecule is CC(=O)N[C@H]1[C@H](O[C@@H]2[C@H](O[C@]3(C(=O)O)C[C@H](O)[C@@H](NC(C)=O)[C@H]([C@H](O)[C@H](O)CO)O3)[C@@H](O)[C@H](O[C@@H]3[C@@H](O)[C@H](O)O[C@H](CO)[C@@H]3O)O[C@@H]2CO)O[C@H](CO)[C@H](O)[C@@H]1O. The van der Waals surface area contributed by atoms with Crippen LogP contribution in [0.5, 0.6) is 0 Å². The van der Waals surface area contributed by atoms with Crippen LogP contribution in [0, 0.1) is 0 Å². The molecule has 4 saturated heterocycles. The third-order valence-electron chi connectivity index (χ3n) is 9.98. The van der Waals surface area contributed by atoms with Crippen LogP contribution in [0.2, 0.25) is 0 Å². The minimum atomic E-state index is -3.23. The summed E-state index contributed by atoms with van der Waals surface area (Å²) in [5.74, 6) is -6.93. The molecule has 26 heteroatoms. The van der Waals surface area contributed by atoms with E-state index >= 15 is 0 Å². The molecule has 21 atom stereocenters. The van der Waals surface area contributed by atoms with Crippen molar-refractivity contribution in [3.63, 3.8) is 0 Å². The maximum atomic E-state index is 13.1. The zero-order chi connectivity index (χ0) is 42.7. The van der Waals surface area contributed by atoms with Gasteiger partial charge in [-0.25, -0.2) is 4.79 Å². The fourth-order valence-electron chi connectivity index (χ4n) is 7.05. The van der Waals surface area contributed by atoms with Crippen LogP contribution in [0.15, 0.2) is 0 Å². The van der Waals surface area contributed by atoms with Gasteiger partial charge in [0.15, 0.2) is 18.9 Å². The van der Waals surface area contributed by atoms with E-state index in [1.807, 2.05) is 0 Å². The fraction of sp³-hybridized carbons (Fsp3) is 0.903. The van der Waals surface area contributed by atoms with Crippen molar-refractivity contribution < 1.29 is 119 Å². The topological polar surface area (TPSA) is 423 Å². The lowest BCUT2D eigenvalue weighted by Crippen LogP contribution is -2.72. The van der Waals surface area contributed by atoms with Crippen molar-refractivity contribution in [3.8, 4) is 0 Å². The lowest BCUT2D eigenvalue weighted by molar-refractivity contribution is -0.400. The zero-order valence-electron chi connectivity index (χ0n) is 30.4. The van der Waals surface area contributed by atoms with E-state index in [-0.39, 0.29) is 0 Å². The second-order valence-corrected chi connectivity index (χ2v) is 14.0. The highest BCUT2D eigenvalue weighted by molar-refractivity contribution is 5.76. The Kier molecular flexibility index (Phi) is 16.4. The average molecular weight is 837 g/mol. The number of aliphatic carboxylic acids is 1. The highest BCUT2D eigenvalue weighted by Crippen LogP contribution is 2.40. The first kappa shape index (κ1) is 47.3. The van der Waals surface area contributed by atoms with E-state index in [1.165, 1.54) is 0 Å². The largest absolute Gasteiger partial charge is 0.477 e. The predicted octanol–water partition coefficient (Wildman–Crippen LogP) is -10.3. The standard InChI is InChI=1S/C31H52N2O24/c1-8(38)32-15-10(40)3-31(30(49)50,56-24(15)17(42)11(41)4-34)57-26-22(47)29(55-25-19(44)13(6-36)51-27(48)21(25)46)53-14(7-37)23(26)54-28-16(33-9(2)39)20(45)18(43)12(5-35)52-28/h10-29,34-37,40-48H,3-7H2,1-2H3,(H,32,38)(H,33,39)(H,49,50)/t10-,11+,12+,13+,14+,15+,16+,17+,18-,19-,20+,21+,22+,23-,24+,25-,26+,27+,28-,29-,31-/m0/s1.